The Balaban J connectivity index is 1.94. The van der Waals surface area contributed by atoms with Gasteiger partial charge in [-0.15, -0.1) is 0 Å². The third-order valence-electron chi connectivity index (χ3n) is 3.65. The van der Waals surface area contributed by atoms with Crippen molar-refractivity contribution in [2.45, 2.75) is 19.4 Å². The van der Waals surface area contributed by atoms with E-state index < -0.39 is 0 Å². The van der Waals surface area contributed by atoms with Gasteiger partial charge in [-0.05, 0) is 31.7 Å². The van der Waals surface area contributed by atoms with E-state index in [-0.39, 0.29) is 5.91 Å². The van der Waals surface area contributed by atoms with Crippen LogP contribution in [0.2, 0.25) is 0 Å². The maximum atomic E-state index is 12.2. The lowest BCUT2D eigenvalue weighted by molar-refractivity contribution is -0.133. The zero-order chi connectivity index (χ0) is 13.1. The van der Waals surface area contributed by atoms with Crippen molar-refractivity contribution in [2.75, 3.05) is 32.4 Å². The van der Waals surface area contributed by atoms with Gasteiger partial charge in [-0.2, -0.15) is 0 Å². The maximum Gasteiger partial charge on any atom is 0.227 e. The second kappa shape index (κ2) is 5.40. The number of nitrogens with zero attached hydrogens (tertiary/aromatic N) is 2. The van der Waals surface area contributed by atoms with Crippen LogP contribution in [0.5, 0.6) is 0 Å². The molecule has 0 saturated carbocycles. The number of benzene rings is 1. The molecule has 98 valence electrons. The number of carbonyl (C=O) groups excluding carboxylic acids is 1. The van der Waals surface area contributed by atoms with Gasteiger partial charge in [-0.25, -0.2) is 0 Å². The number of anilines is 1. The van der Waals surface area contributed by atoms with Crippen LogP contribution in [0.15, 0.2) is 24.3 Å². The van der Waals surface area contributed by atoms with Crippen LogP contribution in [-0.2, 0) is 11.2 Å². The molecule has 1 saturated heterocycles. The number of carbonyl (C=O) groups is 1. The molecule has 4 heteroatoms. The van der Waals surface area contributed by atoms with Gasteiger partial charge in [-0.3, -0.25) is 4.79 Å². The summed E-state index contributed by atoms with van der Waals surface area (Å²) in [5.74, 6) is 0.208. The largest absolute Gasteiger partial charge is 0.399 e. The Hall–Kier alpha value is -1.55. The molecule has 1 aromatic rings. The summed E-state index contributed by atoms with van der Waals surface area (Å²) in [4.78, 5) is 16.4. The Morgan fingerprint density at radius 1 is 1.33 bits per heavy atom. The minimum absolute atomic E-state index is 0.208. The summed E-state index contributed by atoms with van der Waals surface area (Å²) in [5, 5.41) is 0. The van der Waals surface area contributed by atoms with E-state index in [0.29, 0.717) is 12.5 Å². The minimum Gasteiger partial charge on any atom is -0.399 e. The summed E-state index contributed by atoms with van der Waals surface area (Å²) in [7, 11) is 2.10. The van der Waals surface area contributed by atoms with Gasteiger partial charge in [0.1, 0.15) is 0 Å². The van der Waals surface area contributed by atoms with Crippen molar-refractivity contribution in [3.05, 3.63) is 29.8 Å². The van der Waals surface area contributed by atoms with Crippen molar-refractivity contribution in [2.24, 2.45) is 0 Å². The highest BCUT2D eigenvalue weighted by atomic mass is 16.2. The number of nitrogens with two attached hydrogens (primary N) is 1. The van der Waals surface area contributed by atoms with Crippen molar-refractivity contribution < 1.29 is 4.79 Å². The fourth-order valence-electron chi connectivity index (χ4n) is 2.20. The summed E-state index contributed by atoms with van der Waals surface area (Å²) in [6.07, 6.45) is 0.469. The molecular weight excluding hydrogens is 226 g/mol. The molecule has 1 aliphatic rings. The molecule has 0 unspecified atom stereocenters. The molecule has 2 N–H and O–H groups in total. The van der Waals surface area contributed by atoms with Gasteiger partial charge in [0.25, 0.3) is 0 Å². The number of likely N-dealkylation sites (N-methyl/N-ethyl adjacent to an activating group) is 1. The predicted molar refractivity (Wildman–Crippen MR) is 73.2 cm³/mol. The topological polar surface area (TPSA) is 49.6 Å². The van der Waals surface area contributed by atoms with E-state index in [1.54, 1.807) is 0 Å². The standard InChI is InChI=1S/C14H21N3O/c1-11-10-17(8-7-16(11)2)14(18)9-12-3-5-13(15)6-4-12/h3-6,11H,7-10,15H2,1-2H3/t11-/m0/s1. The lowest BCUT2D eigenvalue weighted by atomic mass is 10.1. The number of nitrogen functional groups attached to an aromatic ring is 1. The van der Waals surface area contributed by atoms with Crippen LogP contribution in [0.3, 0.4) is 0 Å². The van der Waals surface area contributed by atoms with Gasteiger partial charge in [0.2, 0.25) is 5.91 Å². The minimum atomic E-state index is 0.208. The Morgan fingerprint density at radius 2 is 2.00 bits per heavy atom. The van der Waals surface area contributed by atoms with Crippen LogP contribution < -0.4 is 5.73 Å². The molecule has 0 spiro atoms. The molecular formula is C14H21N3O. The molecule has 0 radical (unpaired) electrons. The second-order valence-corrected chi connectivity index (χ2v) is 5.09. The highest BCUT2D eigenvalue weighted by Gasteiger charge is 2.23. The summed E-state index contributed by atoms with van der Waals surface area (Å²) >= 11 is 0. The molecule has 0 aliphatic carbocycles. The molecule has 0 bridgehead atoms. The Morgan fingerprint density at radius 3 is 2.61 bits per heavy atom. The van der Waals surface area contributed by atoms with Gasteiger partial charge in [0.15, 0.2) is 0 Å². The number of amides is 1. The third-order valence-corrected chi connectivity index (χ3v) is 3.65. The quantitative estimate of drug-likeness (QED) is 0.792. The molecule has 1 atom stereocenters. The van der Waals surface area contributed by atoms with E-state index in [9.17, 15) is 4.79 Å². The van der Waals surface area contributed by atoms with Gasteiger partial charge < -0.3 is 15.5 Å². The summed E-state index contributed by atoms with van der Waals surface area (Å²) < 4.78 is 0. The van der Waals surface area contributed by atoms with E-state index in [1.165, 1.54) is 0 Å². The molecule has 1 amide bonds. The fourth-order valence-corrected chi connectivity index (χ4v) is 2.20. The molecule has 4 nitrogen and oxygen atoms in total. The van der Waals surface area contributed by atoms with E-state index in [1.807, 2.05) is 29.2 Å². The van der Waals surface area contributed by atoms with Crippen LogP contribution in [0.25, 0.3) is 0 Å². The fraction of sp³-hybridized carbons (Fsp3) is 0.500. The van der Waals surface area contributed by atoms with Crippen LogP contribution in [-0.4, -0.2) is 48.4 Å². The number of piperazine rings is 1. The summed E-state index contributed by atoms with van der Waals surface area (Å²) in [5.41, 5.74) is 7.40. The monoisotopic (exact) mass is 247 g/mol. The smallest absolute Gasteiger partial charge is 0.227 e. The molecule has 1 fully saturated rings. The molecule has 1 heterocycles. The van der Waals surface area contributed by atoms with E-state index in [2.05, 4.69) is 18.9 Å². The number of hydrogen-bond acceptors (Lipinski definition) is 3. The molecule has 2 rings (SSSR count). The lowest BCUT2D eigenvalue weighted by Gasteiger charge is -2.37. The van der Waals surface area contributed by atoms with Crippen molar-refractivity contribution in [1.82, 2.24) is 9.80 Å². The highest BCUT2D eigenvalue weighted by molar-refractivity contribution is 5.79. The first kappa shape index (κ1) is 12.9. The van der Waals surface area contributed by atoms with Crippen molar-refractivity contribution in [3.63, 3.8) is 0 Å². The van der Waals surface area contributed by atoms with Crippen LogP contribution in [0, 0.1) is 0 Å². The molecule has 18 heavy (non-hydrogen) atoms. The average molecular weight is 247 g/mol. The maximum absolute atomic E-state index is 12.2. The zero-order valence-electron chi connectivity index (χ0n) is 11.1. The van der Waals surface area contributed by atoms with Gasteiger partial charge in [0, 0.05) is 31.4 Å². The highest BCUT2D eigenvalue weighted by Crippen LogP contribution is 2.11. The van der Waals surface area contributed by atoms with Crippen LogP contribution in [0.1, 0.15) is 12.5 Å². The van der Waals surface area contributed by atoms with Crippen molar-refractivity contribution in [1.29, 1.82) is 0 Å². The van der Waals surface area contributed by atoms with Gasteiger partial charge >= 0.3 is 0 Å². The molecule has 1 aromatic carbocycles. The van der Waals surface area contributed by atoms with Crippen molar-refractivity contribution >= 4 is 11.6 Å². The average Bonchev–Trinajstić information content (AvgIpc) is 2.35. The zero-order valence-corrected chi connectivity index (χ0v) is 11.1. The van der Waals surface area contributed by atoms with E-state index in [4.69, 9.17) is 5.73 Å². The first-order chi connectivity index (χ1) is 8.56. The molecule has 1 aliphatic heterocycles. The first-order valence-corrected chi connectivity index (χ1v) is 6.38. The van der Waals surface area contributed by atoms with Gasteiger partial charge in [0.05, 0.1) is 6.42 Å². The first-order valence-electron chi connectivity index (χ1n) is 6.38. The normalized spacial score (nSPS) is 21.0. The Kier molecular flexibility index (Phi) is 3.87. The Labute approximate surface area is 108 Å². The Bertz CT molecular complexity index is 416. The number of rotatable bonds is 2. The summed E-state index contributed by atoms with van der Waals surface area (Å²) in [6, 6.07) is 7.97. The van der Waals surface area contributed by atoms with E-state index in [0.717, 1.165) is 30.9 Å². The summed E-state index contributed by atoms with van der Waals surface area (Å²) in [6.45, 7) is 4.76. The lowest BCUT2D eigenvalue weighted by Crippen LogP contribution is -2.52. The van der Waals surface area contributed by atoms with Gasteiger partial charge in [-0.1, -0.05) is 12.1 Å². The SMILES string of the molecule is C[C@H]1CN(C(=O)Cc2ccc(N)cc2)CCN1C. The predicted octanol–water partition coefficient (Wildman–Crippen LogP) is 0.974. The van der Waals surface area contributed by atoms with Crippen LogP contribution >= 0.6 is 0 Å². The number of hydrogen-bond donors (Lipinski definition) is 1. The van der Waals surface area contributed by atoms with E-state index >= 15 is 0 Å². The van der Waals surface area contributed by atoms with Crippen molar-refractivity contribution in [3.8, 4) is 0 Å². The molecule has 0 aromatic heterocycles. The second-order valence-electron chi connectivity index (χ2n) is 5.09. The third kappa shape index (κ3) is 3.01. The van der Waals surface area contributed by atoms with Crippen LogP contribution in [0.4, 0.5) is 5.69 Å².